The van der Waals surface area contributed by atoms with Gasteiger partial charge in [0.15, 0.2) is 11.5 Å². The number of rotatable bonds is 8. The maximum atomic E-state index is 10.8. The van der Waals surface area contributed by atoms with Crippen LogP contribution < -0.4 is 9.47 Å². The minimum atomic E-state index is -0.877. The third-order valence-corrected chi connectivity index (χ3v) is 2.96. The van der Waals surface area contributed by atoms with Crippen LogP contribution in [0.3, 0.4) is 0 Å². The third kappa shape index (κ3) is 3.98. The Bertz CT molecular complexity index is 441. The summed E-state index contributed by atoms with van der Waals surface area (Å²) < 4.78 is 10.5. The Labute approximate surface area is 112 Å². The average Bonchev–Trinajstić information content (AvgIpc) is 2.42. The van der Waals surface area contributed by atoms with Gasteiger partial charge in [0, 0.05) is 18.4 Å². The number of ether oxygens (including phenoxy) is 2. The van der Waals surface area contributed by atoms with Crippen LogP contribution in [0.5, 0.6) is 11.5 Å². The van der Waals surface area contributed by atoms with Crippen LogP contribution in [-0.4, -0.2) is 31.6 Å². The van der Waals surface area contributed by atoms with E-state index in [1.807, 2.05) is 6.07 Å². The molecule has 0 saturated heterocycles. The van der Waals surface area contributed by atoms with E-state index in [4.69, 9.17) is 14.6 Å². The molecule has 0 aliphatic rings. The van der Waals surface area contributed by atoms with Crippen LogP contribution in [0.25, 0.3) is 0 Å². The van der Waals surface area contributed by atoms with Gasteiger partial charge in [0.05, 0.1) is 14.2 Å². The molecule has 0 spiro atoms. The van der Waals surface area contributed by atoms with Gasteiger partial charge in [0.25, 0.3) is 0 Å². The second-order valence-electron chi connectivity index (χ2n) is 4.11. The quantitative estimate of drug-likeness (QED) is 0.730. The largest absolute Gasteiger partial charge is 0.493 e. The Hall–Kier alpha value is -2.04. The van der Waals surface area contributed by atoms with E-state index in [1.54, 1.807) is 12.1 Å². The normalized spacial score (nSPS) is 11.7. The Balaban J connectivity index is 3.06. The summed E-state index contributed by atoms with van der Waals surface area (Å²) in [5, 5.41) is 8.76. The van der Waals surface area contributed by atoms with Gasteiger partial charge in [-0.3, -0.25) is 4.79 Å². The van der Waals surface area contributed by atoms with Gasteiger partial charge in [0.1, 0.15) is 6.29 Å². The van der Waals surface area contributed by atoms with E-state index in [0.717, 1.165) is 11.8 Å². The van der Waals surface area contributed by atoms with Crippen molar-refractivity contribution in [2.24, 2.45) is 0 Å². The molecule has 0 radical (unpaired) electrons. The van der Waals surface area contributed by atoms with Crippen molar-refractivity contribution in [1.29, 1.82) is 0 Å². The van der Waals surface area contributed by atoms with Crippen molar-refractivity contribution < 1.29 is 24.2 Å². The maximum absolute atomic E-state index is 10.8. The highest BCUT2D eigenvalue weighted by Crippen LogP contribution is 2.38. The first-order valence-electron chi connectivity index (χ1n) is 6.00. The minimum Gasteiger partial charge on any atom is -0.493 e. The number of aldehydes is 1. The topological polar surface area (TPSA) is 72.8 Å². The number of carbonyl (C=O) groups is 2. The summed E-state index contributed by atoms with van der Waals surface area (Å²) in [5.74, 6) is 0.0740. The zero-order chi connectivity index (χ0) is 14.3. The lowest BCUT2D eigenvalue weighted by Crippen LogP contribution is -2.06. The van der Waals surface area contributed by atoms with Gasteiger partial charge in [-0.25, -0.2) is 0 Å². The number of benzene rings is 1. The molecule has 0 aliphatic heterocycles. The van der Waals surface area contributed by atoms with E-state index < -0.39 is 5.97 Å². The van der Waals surface area contributed by atoms with Crippen molar-refractivity contribution in [2.75, 3.05) is 14.2 Å². The van der Waals surface area contributed by atoms with Crippen molar-refractivity contribution in [2.45, 2.75) is 25.2 Å². The molecule has 0 fully saturated rings. The first-order valence-corrected chi connectivity index (χ1v) is 6.00. The number of para-hydroxylation sites is 1. The van der Waals surface area contributed by atoms with Crippen LogP contribution in [0.2, 0.25) is 0 Å². The molecule has 5 nitrogen and oxygen atoms in total. The zero-order valence-electron chi connectivity index (χ0n) is 11.1. The Morgan fingerprint density at radius 2 is 2.11 bits per heavy atom. The molecule has 1 aromatic carbocycles. The van der Waals surface area contributed by atoms with Gasteiger partial charge in [-0.05, 0) is 18.4 Å². The molecule has 0 aliphatic carbocycles. The summed E-state index contributed by atoms with van der Waals surface area (Å²) in [6.45, 7) is 0. The lowest BCUT2D eigenvalue weighted by atomic mass is 9.90. The molecule has 1 unspecified atom stereocenters. The van der Waals surface area contributed by atoms with Gasteiger partial charge in [0.2, 0.25) is 0 Å². The molecule has 1 rings (SSSR count). The predicted molar refractivity (Wildman–Crippen MR) is 69.8 cm³/mol. The van der Waals surface area contributed by atoms with Gasteiger partial charge >= 0.3 is 5.97 Å². The fraction of sp³-hybridized carbons (Fsp3) is 0.429. The molecule has 19 heavy (non-hydrogen) atoms. The molecule has 0 amide bonds. The van der Waals surface area contributed by atoms with E-state index in [1.165, 1.54) is 14.2 Å². The SMILES string of the molecule is COc1cccc(C(CC=O)CCC(=O)O)c1OC. The summed E-state index contributed by atoms with van der Waals surface area (Å²) >= 11 is 0. The second kappa shape index (κ2) is 7.41. The second-order valence-corrected chi connectivity index (χ2v) is 4.11. The van der Waals surface area contributed by atoms with E-state index in [2.05, 4.69) is 0 Å². The molecule has 0 aromatic heterocycles. The van der Waals surface area contributed by atoms with Crippen LogP contribution in [0.15, 0.2) is 18.2 Å². The summed E-state index contributed by atoms with van der Waals surface area (Å²) in [6.07, 6.45) is 1.46. The molecule has 1 atom stereocenters. The first kappa shape index (κ1) is 15.0. The third-order valence-electron chi connectivity index (χ3n) is 2.96. The first-order chi connectivity index (χ1) is 9.13. The van der Waals surface area contributed by atoms with Gasteiger partial charge in [-0.1, -0.05) is 12.1 Å². The summed E-state index contributed by atoms with van der Waals surface area (Å²) in [4.78, 5) is 21.4. The molecule has 1 aromatic rings. The molecule has 5 heteroatoms. The molecule has 0 heterocycles. The van der Waals surface area contributed by atoms with Crippen molar-refractivity contribution in [1.82, 2.24) is 0 Å². The number of methoxy groups -OCH3 is 2. The Morgan fingerprint density at radius 3 is 2.63 bits per heavy atom. The van der Waals surface area contributed by atoms with Crippen LogP contribution in [0, 0.1) is 0 Å². The molecule has 0 saturated carbocycles. The van der Waals surface area contributed by atoms with Crippen LogP contribution >= 0.6 is 0 Å². The minimum absolute atomic E-state index is 0.0128. The summed E-state index contributed by atoms with van der Waals surface area (Å²) in [5.41, 5.74) is 0.801. The van der Waals surface area contributed by atoms with Crippen molar-refractivity contribution in [3.05, 3.63) is 23.8 Å². The van der Waals surface area contributed by atoms with Gasteiger partial charge in [-0.15, -0.1) is 0 Å². The molecular formula is C14H18O5. The molecule has 1 N–H and O–H groups in total. The fourth-order valence-corrected chi connectivity index (χ4v) is 2.05. The van der Waals surface area contributed by atoms with Gasteiger partial charge in [-0.2, -0.15) is 0 Å². The van der Waals surface area contributed by atoms with Gasteiger partial charge < -0.3 is 19.4 Å². The summed E-state index contributed by atoms with van der Waals surface area (Å²) in [6, 6.07) is 5.39. The van der Waals surface area contributed by atoms with Crippen LogP contribution in [0.4, 0.5) is 0 Å². The smallest absolute Gasteiger partial charge is 0.303 e. The Kier molecular flexibility index (Phi) is 5.85. The van der Waals surface area contributed by atoms with E-state index in [9.17, 15) is 9.59 Å². The average molecular weight is 266 g/mol. The van der Waals surface area contributed by atoms with E-state index in [-0.39, 0.29) is 18.8 Å². The highest BCUT2D eigenvalue weighted by molar-refractivity contribution is 5.67. The monoisotopic (exact) mass is 266 g/mol. The number of aliphatic carboxylic acids is 1. The van der Waals surface area contributed by atoms with Crippen molar-refractivity contribution >= 4 is 12.3 Å². The van der Waals surface area contributed by atoms with Crippen LogP contribution in [0.1, 0.15) is 30.7 Å². The molecular weight excluding hydrogens is 248 g/mol. The van der Waals surface area contributed by atoms with E-state index >= 15 is 0 Å². The van der Waals surface area contributed by atoms with Crippen LogP contribution in [-0.2, 0) is 9.59 Å². The van der Waals surface area contributed by atoms with Crippen molar-refractivity contribution in [3.63, 3.8) is 0 Å². The van der Waals surface area contributed by atoms with E-state index in [0.29, 0.717) is 17.9 Å². The molecule has 0 bridgehead atoms. The summed E-state index contributed by atoms with van der Waals surface area (Å²) in [7, 11) is 3.06. The lowest BCUT2D eigenvalue weighted by molar-refractivity contribution is -0.137. The number of carboxylic acids is 1. The number of hydrogen-bond donors (Lipinski definition) is 1. The predicted octanol–water partition coefficient (Wildman–Crippen LogP) is 2.24. The fourth-order valence-electron chi connectivity index (χ4n) is 2.05. The highest BCUT2D eigenvalue weighted by atomic mass is 16.5. The Morgan fingerprint density at radius 1 is 1.37 bits per heavy atom. The standard InChI is InChI=1S/C14H18O5/c1-18-12-5-3-4-11(14(12)19-2)10(8-9-15)6-7-13(16)17/h3-5,9-10H,6-8H2,1-2H3,(H,16,17). The number of hydrogen-bond acceptors (Lipinski definition) is 4. The number of carbonyl (C=O) groups excluding carboxylic acids is 1. The lowest BCUT2D eigenvalue weighted by Gasteiger charge is -2.19. The highest BCUT2D eigenvalue weighted by Gasteiger charge is 2.19. The maximum Gasteiger partial charge on any atom is 0.303 e. The van der Waals surface area contributed by atoms with Crippen molar-refractivity contribution in [3.8, 4) is 11.5 Å². The molecule has 104 valence electrons. The number of carboxylic acid groups (broad SMARTS) is 1. The zero-order valence-corrected chi connectivity index (χ0v) is 11.1.